The fourth-order valence-electron chi connectivity index (χ4n) is 3.84. The summed E-state index contributed by atoms with van der Waals surface area (Å²) in [5.41, 5.74) is 11.4. The lowest BCUT2D eigenvalue weighted by molar-refractivity contribution is -0.0777. The molecule has 0 saturated heterocycles. The zero-order valence-electron chi connectivity index (χ0n) is 19.0. The second-order valence-corrected chi connectivity index (χ2v) is 8.11. The van der Waals surface area contributed by atoms with Crippen LogP contribution in [0.25, 0.3) is 27.7 Å². The molecule has 5 rings (SSSR count). The van der Waals surface area contributed by atoms with Crippen LogP contribution in [0.5, 0.6) is 11.6 Å². The molecule has 5 aromatic rings. The number of ether oxygens (including phenoxy) is 2. The molecule has 0 aliphatic carbocycles. The summed E-state index contributed by atoms with van der Waals surface area (Å²) >= 11 is 0. The van der Waals surface area contributed by atoms with Gasteiger partial charge in [0.25, 0.3) is 0 Å². The van der Waals surface area contributed by atoms with E-state index in [9.17, 15) is 5.11 Å². The van der Waals surface area contributed by atoms with Crippen LogP contribution in [0.4, 0.5) is 5.82 Å². The largest absolute Gasteiger partial charge is 0.439 e. The molecule has 0 amide bonds. The Kier molecular flexibility index (Phi) is 5.87. The zero-order valence-corrected chi connectivity index (χ0v) is 19.0. The number of nitrogens with two attached hydrogens (primary N) is 1. The van der Waals surface area contributed by atoms with Crippen molar-refractivity contribution in [2.75, 3.05) is 12.8 Å². The predicted octanol–water partition coefficient (Wildman–Crippen LogP) is 2.47. The molecule has 8 nitrogen and oxygen atoms in total. The van der Waals surface area contributed by atoms with Crippen LogP contribution in [-0.2, 0) is 11.2 Å². The van der Waals surface area contributed by atoms with Crippen molar-refractivity contribution >= 4 is 35.7 Å². The first-order chi connectivity index (χ1) is 16.5. The Morgan fingerprint density at radius 2 is 1.91 bits per heavy atom. The van der Waals surface area contributed by atoms with E-state index in [4.69, 9.17) is 20.2 Å². The van der Waals surface area contributed by atoms with Crippen LogP contribution in [0, 0.1) is 0 Å². The van der Waals surface area contributed by atoms with Crippen LogP contribution in [0.2, 0.25) is 0 Å². The van der Waals surface area contributed by atoms with Gasteiger partial charge in [-0.1, -0.05) is 30.3 Å². The van der Waals surface area contributed by atoms with E-state index in [1.807, 2.05) is 62.6 Å². The molecule has 3 aromatic heterocycles. The van der Waals surface area contributed by atoms with Crippen molar-refractivity contribution in [3.8, 4) is 22.8 Å². The lowest BCUT2D eigenvalue weighted by atomic mass is 9.98. The van der Waals surface area contributed by atoms with Crippen LogP contribution in [0.1, 0.15) is 12.0 Å². The van der Waals surface area contributed by atoms with Gasteiger partial charge in [-0.15, -0.1) is 0 Å². The highest BCUT2D eigenvalue weighted by atomic mass is 16.6. The van der Waals surface area contributed by atoms with Crippen LogP contribution < -0.4 is 15.9 Å². The van der Waals surface area contributed by atoms with Crippen LogP contribution in [0.15, 0.2) is 67.0 Å². The van der Waals surface area contributed by atoms with Gasteiger partial charge in [-0.25, -0.2) is 0 Å². The maximum absolute atomic E-state index is 9.57. The summed E-state index contributed by atoms with van der Waals surface area (Å²) in [5, 5.41) is 15.1. The van der Waals surface area contributed by atoms with Gasteiger partial charge in [-0.3, -0.25) is 4.98 Å². The van der Waals surface area contributed by atoms with E-state index in [1.54, 1.807) is 10.7 Å². The van der Waals surface area contributed by atoms with E-state index in [0.29, 0.717) is 41.4 Å². The highest BCUT2D eigenvalue weighted by molar-refractivity contribution is 6.37. The smallest absolute Gasteiger partial charge is 0.218 e. The minimum absolute atomic E-state index is 0.419. The highest BCUT2D eigenvalue weighted by Crippen LogP contribution is 2.29. The minimum Gasteiger partial charge on any atom is -0.439 e. The van der Waals surface area contributed by atoms with Crippen molar-refractivity contribution in [2.45, 2.75) is 19.1 Å². The summed E-state index contributed by atoms with van der Waals surface area (Å²) < 4.78 is 12.6. The SMILES string of the molecule is Bc1c(Oc2ccc(CCC(O)OC)cc2)nc2c(-c3cnc4ccccc4c3)cnn2c1N. The standard InChI is InChI=1S/C25H24BN5O3/c1-33-21(32)11-8-15-6-9-18(10-7-15)34-25-22(26)23(27)31-24(30-25)19(14-29-31)17-12-16-4-2-3-5-20(16)28-13-17/h2-7,9-10,12-14,21,32H,8,11,26-27H2,1H3. The Bertz CT molecular complexity index is 1470. The lowest BCUT2D eigenvalue weighted by Gasteiger charge is -2.12. The molecule has 0 aliphatic heterocycles. The number of anilines is 1. The van der Waals surface area contributed by atoms with E-state index >= 15 is 0 Å². The zero-order chi connectivity index (χ0) is 23.7. The quantitative estimate of drug-likeness (QED) is 0.288. The Balaban J connectivity index is 1.47. The summed E-state index contributed by atoms with van der Waals surface area (Å²) in [6.45, 7) is 0. The topological polar surface area (TPSA) is 108 Å². The van der Waals surface area contributed by atoms with Crippen molar-refractivity contribution < 1.29 is 14.6 Å². The summed E-state index contributed by atoms with van der Waals surface area (Å²) in [5.74, 6) is 1.53. The van der Waals surface area contributed by atoms with Crippen LogP contribution in [-0.4, -0.2) is 45.9 Å². The molecule has 9 heteroatoms. The van der Waals surface area contributed by atoms with E-state index in [0.717, 1.165) is 27.6 Å². The van der Waals surface area contributed by atoms with Crippen molar-refractivity contribution in [2.24, 2.45) is 0 Å². The number of benzene rings is 2. The number of methoxy groups -OCH3 is 1. The number of aromatic nitrogens is 4. The Morgan fingerprint density at radius 3 is 2.71 bits per heavy atom. The lowest BCUT2D eigenvalue weighted by Crippen LogP contribution is -2.19. The number of pyridine rings is 1. The fraction of sp³-hybridized carbons (Fsp3) is 0.160. The van der Waals surface area contributed by atoms with Gasteiger partial charge in [0, 0.05) is 41.7 Å². The third-order valence-electron chi connectivity index (χ3n) is 5.88. The van der Waals surface area contributed by atoms with Crippen molar-refractivity contribution in [1.82, 2.24) is 19.6 Å². The molecule has 0 spiro atoms. The predicted molar refractivity (Wildman–Crippen MR) is 134 cm³/mol. The number of hydrogen-bond acceptors (Lipinski definition) is 7. The van der Waals surface area contributed by atoms with E-state index in [1.165, 1.54) is 7.11 Å². The monoisotopic (exact) mass is 453 g/mol. The molecule has 0 saturated carbocycles. The molecule has 1 unspecified atom stereocenters. The first kappa shape index (κ1) is 21.9. The van der Waals surface area contributed by atoms with Crippen molar-refractivity contribution in [1.29, 1.82) is 0 Å². The number of rotatable bonds is 7. The minimum atomic E-state index is -0.764. The molecule has 0 fully saturated rings. The Hall–Kier alpha value is -3.95. The van der Waals surface area contributed by atoms with Gasteiger partial charge < -0.3 is 20.3 Å². The third-order valence-corrected chi connectivity index (χ3v) is 5.88. The second-order valence-electron chi connectivity index (χ2n) is 8.11. The summed E-state index contributed by atoms with van der Waals surface area (Å²) in [6, 6.07) is 17.7. The highest BCUT2D eigenvalue weighted by Gasteiger charge is 2.17. The first-order valence-corrected chi connectivity index (χ1v) is 11.0. The van der Waals surface area contributed by atoms with Crippen LogP contribution >= 0.6 is 0 Å². The van der Waals surface area contributed by atoms with E-state index < -0.39 is 6.29 Å². The molecule has 170 valence electrons. The van der Waals surface area contributed by atoms with Gasteiger partial charge in [-0.2, -0.15) is 14.6 Å². The number of aliphatic hydroxyl groups is 1. The second kappa shape index (κ2) is 9.13. The molecule has 3 heterocycles. The number of nitrogen functional groups attached to an aromatic ring is 1. The fourth-order valence-corrected chi connectivity index (χ4v) is 3.84. The molecule has 0 bridgehead atoms. The molecule has 0 radical (unpaired) electrons. The van der Waals surface area contributed by atoms with Gasteiger partial charge in [0.05, 0.1) is 11.7 Å². The van der Waals surface area contributed by atoms with Crippen LogP contribution in [0.3, 0.4) is 0 Å². The Labute approximate surface area is 197 Å². The van der Waals surface area contributed by atoms with Gasteiger partial charge in [0.15, 0.2) is 19.8 Å². The average Bonchev–Trinajstić information content (AvgIpc) is 3.30. The maximum Gasteiger partial charge on any atom is 0.218 e. The Morgan fingerprint density at radius 1 is 1.12 bits per heavy atom. The van der Waals surface area contributed by atoms with Crippen molar-refractivity contribution in [3.05, 3.63) is 72.6 Å². The number of fused-ring (bicyclic) bond motifs is 2. The number of aliphatic hydroxyl groups excluding tert-OH is 1. The molecule has 2 aromatic carbocycles. The average molecular weight is 453 g/mol. The molecular formula is C25H24BN5O3. The molecule has 3 N–H and O–H groups in total. The molecule has 1 atom stereocenters. The third kappa shape index (κ3) is 4.18. The van der Waals surface area contributed by atoms with Crippen molar-refractivity contribution in [3.63, 3.8) is 0 Å². The first-order valence-electron chi connectivity index (χ1n) is 11.0. The number of nitrogens with zero attached hydrogens (tertiary/aromatic N) is 4. The molecular weight excluding hydrogens is 429 g/mol. The molecule has 34 heavy (non-hydrogen) atoms. The normalized spacial score (nSPS) is 12.3. The molecule has 0 aliphatic rings. The summed E-state index contributed by atoms with van der Waals surface area (Å²) in [7, 11) is 3.35. The summed E-state index contributed by atoms with van der Waals surface area (Å²) in [4.78, 5) is 9.32. The van der Waals surface area contributed by atoms with Gasteiger partial charge in [0.2, 0.25) is 5.88 Å². The number of para-hydroxylation sites is 1. The van der Waals surface area contributed by atoms with Gasteiger partial charge in [-0.05, 0) is 36.2 Å². The van der Waals surface area contributed by atoms with E-state index in [2.05, 4.69) is 16.1 Å². The van der Waals surface area contributed by atoms with Gasteiger partial charge >= 0.3 is 0 Å². The van der Waals surface area contributed by atoms with Gasteiger partial charge in [0.1, 0.15) is 11.6 Å². The number of aryl methyl sites for hydroxylation is 1. The number of hydrogen-bond donors (Lipinski definition) is 2. The van der Waals surface area contributed by atoms with E-state index in [-0.39, 0.29) is 0 Å². The summed E-state index contributed by atoms with van der Waals surface area (Å²) in [6.07, 6.45) is 4.02. The maximum atomic E-state index is 9.57.